The number of pyridine rings is 1. The van der Waals surface area contributed by atoms with Gasteiger partial charge in [0, 0.05) is 36.9 Å². The van der Waals surface area contributed by atoms with Crippen molar-refractivity contribution in [1.29, 1.82) is 0 Å². The number of hydrogen-bond donors (Lipinski definition) is 0. The molecule has 1 atom stereocenters. The van der Waals surface area contributed by atoms with Gasteiger partial charge in [-0.25, -0.2) is 0 Å². The fourth-order valence-electron chi connectivity index (χ4n) is 1.76. The zero-order valence-corrected chi connectivity index (χ0v) is 10.2. The van der Waals surface area contributed by atoms with Crippen LogP contribution in [0.15, 0.2) is 24.5 Å². The van der Waals surface area contributed by atoms with Crippen LogP contribution < -0.4 is 0 Å². The van der Waals surface area contributed by atoms with Crippen LogP contribution in [0.1, 0.15) is 5.56 Å². The average molecular weight is 271 g/mol. The number of aromatic nitrogens is 1. The largest absolute Gasteiger partial charge is 0.378 e. The number of alkyl halides is 1. The van der Waals surface area contributed by atoms with Gasteiger partial charge in [0.15, 0.2) is 0 Å². The molecule has 0 spiro atoms. The number of rotatable bonds is 3. The Morgan fingerprint density at radius 2 is 2.27 bits per heavy atom. The van der Waals surface area contributed by atoms with Gasteiger partial charge in [-0.3, -0.25) is 9.88 Å². The SMILES string of the molecule is BrCC1COCCN1Cc1ccncc1. The molecule has 1 aliphatic heterocycles. The van der Waals surface area contributed by atoms with E-state index in [1.165, 1.54) is 5.56 Å². The predicted octanol–water partition coefficient (Wildman–Crippen LogP) is 1.68. The lowest BCUT2D eigenvalue weighted by molar-refractivity contribution is -0.00213. The number of hydrogen-bond acceptors (Lipinski definition) is 3. The fraction of sp³-hybridized carbons (Fsp3) is 0.545. The second-order valence-electron chi connectivity index (χ2n) is 3.71. The molecule has 1 fully saturated rings. The number of halogens is 1. The lowest BCUT2D eigenvalue weighted by Gasteiger charge is -2.34. The number of morpholine rings is 1. The Hall–Kier alpha value is -0.450. The Kier molecular flexibility index (Phi) is 4.11. The van der Waals surface area contributed by atoms with Crippen molar-refractivity contribution in [2.45, 2.75) is 12.6 Å². The molecule has 2 heterocycles. The van der Waals surface area contributed by atoms with Gasteiger partial charge in [-0.15, -0.1) is 0 Å². The standard InChI is InChI=1S/C11H15BrN2O/c12-7-11-9-15-6-5-14(11)8-10-1-3-13-4-2-10/h1-4,11H,5-9H2. The van der Waals surface area contributed by atoms with E-state index in [-0.39, 0.29) is 0 Å². The van der Waals surface area contributed by atoms with Gasteiger partial charge in [-0.05, 0) is 17.7 Å². The highest BCUT2D eigenvalue weighted by molar-refractivity contribution is 9.09. The molecular weight excluding hydrogens is 256 g/mol. The van der Waals surface area contributed by atoms with Crippen LogP contribution >= 0.6 is 15.9 Å². The highest BCUT2D eigenvalue weighted by Crippen LogP contribution is 2.13. The van der Waals surface area contributed by atoms with E-state index in [1.807, 2.05) is 12.4 Å². The molecule has 2 rings (SSSR count). The van der Waals surface area contributed by atoms with Crippen LogP contribution in [0.3, 0.4) is 0 Å². The van der Waals surface area contributed by atoms with E-state index in [1.54, 1.807) is 0 Å². The summed E-state index contributed by atoms with van der Waals surface area (Å²) in [6, 6.07) is 4.63. The van der Waals surface area contributed by atoms with Gasteiger partial charge in [0.05, 0.1) is 13.2 Å². The van der Waals surface area contributed by atoms with E-state index in [9.17, 15) is 0 Å². The second kappa shape index (κ2) is 5.58. The van der Waals surface area contributed by atoms with Crippen LogP contribution in [-0.4, -0.2) is 41.0 Å². The minimum atomic E-state index is 0.493. The van der Waals surface area contributed by atoms with Crippen LogP contribution in [0.2, 0.25) is 0 Å². The van der Waals surface area contributed by atoms with Crippen molar-refractivity contribution >= 4 is 15.9 Å². The van der Waals surface area contributed by atoms with Crippen molar-refractivity contribution in [3.05, 3.63) is 30.1 Å². The summed E-state index contributed by atoms with van der Waals surface area (Å²) in [6.45, 7) is 3.67. The molecule has 0 aromatic carbocycles. The maximum atomic E-state index is 5.46. The maximum Gasteiger partial charge on any atom is 0.0630 e. The van der Waals surface area contributed by atoms with Gasteiger partial charge < -0.3 is 4.74 Å². The second-order valence-corrected chi connectivity index (χ2v) is 4.36. The molecular formula is C11H15BrN2O. The highest BCUT2D eigenvalue weighted by Gasteiger charge is 2.21. The summed E-state index contributed by atoms with van der Waals surface area (Å²) in [6.07, 6.45) is 3.69. The van der Waals surface area contributed by atoms with Crippen molar-refractivity contribution < 1.29 is 4.74 Å². The summed E-state index contributed by atoms with van der Waals surface area (Å²) in [5.41, 5.74) is 1.32. The molecule has 4 heteroatoms. The molecule has 0 bridgehead atoms. The fourth-order valence-corrected chi connectivity index (χ4v) is 2.36. The first-order valence-electron chi connectivity index (χ1n) is 5.17. The molecule has 1 unspecified atom stereocenters. The first-order valence-corrected chi connectivity index (χ1v) is 6.29. The molecule has 1 aliphatic rings. The third kappa shape index (κ3) is 3.00. The third-order valence-electron chi connectivity index (χ3n) is 2.66. The number of nitrogens with zero attached hydrogens (tertiary/aromatic N) is 2. The molecule has 15 heavy (non-hydrogen) atoms. The lowest BCUT2D eigenvalue weighted by atomic mass is 10.2. The summed E-state index contributed by atoms with van der Waals surface area (Å²) in [7, 11) is 0. The summed E-state index contributed by atoms with van der Waals surface area (Å²) in [5, 5.41) is 0.970. The quantitative estimate of drug-likeness (QED) is 0.782. The van der Waals surface area contributed by atoms with E-state index in [4.69, 9.17) is 4.74 Å². The molecule has 0 N–H and O–H groups in total. The smallest absolute Gasteiger partial charge is 0.0630 e. The average Bonchev–Trinajstić information content (AvgIpc) is 2.31. The van der Waals surface area contributed by atoms with Crippen LogP contribution in [0.5, 0.6) is 0 Å². The molecule has 82 valence electrons. The molecule has 0 saturated carbocycles. The summed E-state index contributed by atoms with van der Waals surface area (Å²) in [5.74, 6) is 0. The Morgan fingerprint density at radius 1 is 1.47 bits per heavy atom. The monoisotopic (exact) mass is 270 g/mol. The molecule has 1 aromatic heterocycles. The molecule has 1 aromatic rings. The molecule has 0 amide bonds. The van der Waals surface area contributed by atoms with E-state index in [0.717, 1.165) is 31.6 Å². The van der Waals surface area contributed by atoms with E-state index < -0.39 is 0 Å². The van der Waals surface area contributed by atoms with Crippen molar-refractivity contribution in [3.8, 4) is 0 Å². The minimum Gasteiger partial charge on any atom is -0.378 e. The zero-order chi connectivity index (χ0) is 10.5. The van der Waals surface area contributed by atoms with Crippen molar-refractivity contribution in [3.63, 3.8) is 0 Å². The molecule has 0 radical (unpaired) electrons. The molecule has 1 saturated heterocycles. The van der Waals surface area contributed by atoms with Gasteiger partial charge >= 0.3 is 0 Å². The topological polar surface area (TPSA) is 25.4 Å². The summed E-state index contributed by atoms with van der Waals surface area (Å²) < 4.78 is 5.46. The molecule has 0 aliphatic carbocycles. The maximum absolute atomic E-state index is 5.46. The third-order valence-corrected chi connectivity index (χ3v) is 3.41. The Morgan fingerprint density at radius 3 is 3.00 bits per heavy atom. The van der Waals surface area contributed by atoms with Gasteiger partial charge in [0.25, 0.3) is 0 Å². The first kappa shape index (κ1) is 11.0. The van der Waals surface area contributed by atoms with E-state index in [2.05, 4.69) is 37.9 Å². The van der Waals surface area contributed by atoms with E-state index in [0.29, 0.717) is 6.04 Å². The van der Waals surface area contributed by atoms with Crippen LogP contribution in [-0.2, 0) is 11.3 Å². The predicted molar refractivity (Wildman–Crippen MR) is 63.0 cm³/mol. The van der Waals surface area contributed by atoms with Gasteiger partial charge in [0.1, 0.15) is 0 Å². The highest BCUT2D eigenvalue weighted by atomic mass is 79.9. The Labute approximate surface area is 98.6 Å². The lowest BCUT2D eigenvalue weighted by Crippen LogP contribution is -2.45. The van der Waals surface area contributed by atoms with Crippen molar-refractivity contribution in [2.75, 3.05) is 25.1 Å². The Bertz CT molecular complexity index is 294. The van der Waals surface area contributed by atoms with Crippen LogP contribution in [0.25, 0.3) is 0 Å². The van der Waals surface area contributed by atoms with Crippen molar-refractivity contribution in [1.82, 2.24) is 9.88 Å². The zero-order valence-electron chi connectivity index (χ0n) is 8.60. The first-order chi connectivity index (χ1) is 7.40. The summed E-state index contributed by atoms with van der Waals surface area (Å²) in [4.78, 5) is 6.48. The van der Waals surface area contributed by atoms with Crippen molar-refractivity contribution in [2.24, 2.45) is 0 Å². The van der Waals surface area contributed by atoms with Gasteiger partial charge in [0.2, 0.25) is 0 Å². The van der Waals surface area contributed by atoms with Crippen LogP contribution in [0.4, 0.5) is 0 Å². The van der Waals surface area contributed by atoms with Gasteiger partial charge in [-0.2, -0.15) is 0 Å². The molecule has 3 nitrogen and oxygen atoms in total. The normalized spacial score (nSPS) is 22.9. The number of ether oxygens (including phenoxy) is 1. The minimum absolute atomic E-state index is 0.493. The van der Waals surface area contributed by atoms with E-state index >= 15 is 0 Å². The van der Waals surface area contributed by atoms with Gasteiger partial charge in [-0.1, -0.05) is 15.9 Å². The Balaban J connectivity index is 1.97. The van der Waals surface area contributed by atoms with Crippen LogP contribution in [0, 0.1) is 0 Å². The summed E-state index contributed by atoms with van der Waals surface area (Å²) >= 11 is 3.53.